The number of thiazole rings is 1. The summed E-state index contributed by atoms with van der Waals surface area (Å²) in [4.78, 5) is 19.0. The summed E-state index contributed by atoms with van der Waals surface area (Å²) in [6.07, 6.45) is 2.20. The van der Waals surface area contributed by atoms with Gasteiger partial charge in [-0.05, 0) is 44.1 Å². The summed E-state index contributed by atoms with van der Waals surface area (Å²) in [5.74, 6) is -0.00757. The SMILES string of the molecule is CCN1CCCC(NC(=O)c2ccc3nc(N)sc3c2)C1. The lowest BCUT2D eigenvalue weighted by atomic mass is 10.1. The lowest BCUT2D eigenvalue weighted by Crippen LogP contribution is -2.47. The van der Waals surface area contributed by atoms with Crippen molar-refractivity contribution in [1.82, 2.24) is 15.2 Å². The van der Waals surface area contributed by atoms with Crippen molar-refractivity contribution in [3.8, 4) is 0 Å². The molecule has 1 fully saturated rings. The molecule has 1 saturated heterocycles. The van der Waals surface area contributed by atoms with Crippen molar-refractivity contribution in [1.29, 1.82) is 0 Å². The number of aromatic nitrogens is 1. The number of carbonyl (C=O) groups is 1. The van der Waals surface area contributed by atoms with Crippen LogP contribution in [0.4, 0.5) is 5.13 Å². The average Bonchev–Trinajstić information content (AvgIpc) is 2.86. The molecule has 1 aromatic carbocycles. The van der Waals surface area contributed by atoms with Crippen LogP contribution < -0.4 is 11.1 Å². The van der Waals surface area contributed by atoms with Gasteiger partial charge in [0.1, 0.15) is 0 Å². The number of nitrogen functional groups attached to an aromatic ring is 1. The Kier molecular flexibility index (Phi) is 4.07. The smallest absolute Gasteiger partial charge is 0.251 e. The maximum absolute atomic E-state index is 12.4. The molecule has 1 aliphatic rings. The van der Waals surface area contributed by atoms with Gasteiger partial charge in [0.05, 0.1) is 10.2 Å². The van der Waals surface area contributed by atoms with Crippen LogP contribution in [-0.2, 0) is 0 Å². The van der Waals surface area contributed by atoms with Gasteiger partial charge in [0.25, 0.3) is 5.91 Å². The molecule has 0 bridgehead atoms. The fourth-order valence-corrected chi connectivity index (χ4v) is 3.59. The van der Waals surface area contributed by atoms with Gasteiger partial charge in [-0.25, -0.2) is 4.98 Å². The van der Waals surface area contributed by atoms with Gasteiger partial charge in [-0.2, -0.15) is 0 Å². The van der Waals surface area contributed by atoms with E-state index in [0.29, 0.717) is 10.7 Å². The number of likely N-dealkylation sites (N-methyl/N-ethyl adjacent to an activating group) is 1. The predicted molar refractivity (Wildman–Crippen MR) is 86.6 cm³/mol. The number of carbonyl (C=O) groups excluding carboxylic acids is 1. The number of anilines is 1. The van der Waals surface area contributed by atoms with Crippen LogP contribution >= 0.6 is 11.3 Å². The van der Waals surface area contributed by atoms with Crippen LogP contribution in [0.15, 0.2) is 18.2 Å². The number of nitrogens with two attached hydrogens (primary N) is 1. The summed E-state index contributed by atoms with van der Waals surface area (Å²) < 4.78 is 0.957. The van der Waals surface area contributed by atoms with E-state index >= 15 is 0 Å². The van der Waals surface area contributed by atoms with Crippen LogP contribution in [0.2, 0.25) is 0 Å². The minimum atomic E-state index is -0.00757. The van der Waals surface area contributed by atoms with E-state index in [2.05, 4.69) is 22.1 Å². The largest absolute Gasteiger partial charge is 0.375 e. The first-order valence-electron chi connectivity index (χ1n) is 7.35. The molecule has 1 aliphatic heterocycles. The summed E-state index contributed by atoms with van der Waals surface area (Å²) in [7, 11) is 0. The Hall–Kier alpha value is -1.66. The monoisotopic (exact) mass is 304 g/mol. The van der Waals surface area contributed by atoms with Gasteiger partial charge in [-0.3, -0.25) is 4.79 Å². The number of benzene rings is 1. The number of nitrogens with zero attached hydrogens (tertiary/aromatic N) is 2. The Bertz CT molecular complexity index is 654. The molecule has 0 aliphatic carbocycles. The topological polar surface area (TPSA) is 71.2 Å². The molecule has 1 unspecified atom stereocenters. The number of fused-ring (bicyclic) bond motifs is 1. The van der Waals surface area contributed by atoms with E-state index in [-0.39, 0.29) is 11.9 Å². The van der Waals surface area contributed by atoms with Gasteiger partial charge in [0.2, 0.25) is 0 Å². The van der Waals surface area contributed by atoms with E-state index in [4.69, 9.17) is 5.73 Å². The average molecular weight is 304 g/mol. The molecule has 1 aromatic heterocycles. The van der Waals surface area contributed by atoms with Gasteiger partial charge < -0.3 is 16.0 Å². The van der Waals surface area contributed by atoms with E-state index in [1.54, 1.807) is 0 Å². The maximum Gasteiger partial charge on any atom is 0.251 e. The molecule has 0 spiro atoms. The van der Waals surface area contributed by atoms with Crippen molar-refractivity contribution in [3.05, 3.63) is 23.8 Å². The zero-order valence-electron chi connectivity index (χ0n) is 12.1. The summed E-state index contributed by atoms with van der Waals surface area (Å²) in [5, 5.41) is 3.68. The van der Waals surface area contributed by atoms with Crippen molar-refractivity contribution in [2.75, 3.05) is 25.4 Å². The first-order chi connectivity index (χ1) is 10.2. The number of likely N-dealkylation sites (tertiary alicyclic amines) is 1. The molecule has 6 heteroatoms. The van der Waals surface area contributed by atoms with Gasteiger partial charge >= 0.3 is 0 Å². The molecule has 5 nitrogen and oxygen atoms in total. The first-order valence-corrected chi connectivity index (χ1v) is 8.16. The Balaban J connectivity index is 1.71. The van der Waals surface area contributed by atoms with Crippen molar-refractivity contribution >= 4 is 32.6 Å². The summed E-state index contributed by atoms with van der Waals surface area (Å²) >= 11 is 1.41. The molecule has 0 radical (unpaired) electrons. The standard InChI is InChI=1S/C15H20N4OS/c1-2-19-7-3-4-11(9-19)17-14(20)10-5-6-12-13(8-10)21-15(16)18-12/h5-6,8,11H,2-4,7,9H2,1H3,(H2,16,18)(H,17,20). The lowest BCUT2D eigenvalue weighted by Gasteiger charge is -2.32. The number of rotatable bonds is 3. The van der Waals surface area contributed by atoms with Crippen molar-refractivity contribution in [2.24, 2.45) is 0 Å². The minimum Gasteiger partial charge on any atom is -0.375 e. The predicted octanol–water partition coefficient (Wildman–Crippen LogP) is 2.09. The van der Waals surface area contributed by atoms with Gasteiger partial charge in [-0.1, -0.05) is 18.3 Å². The normalized spacial score (nSPS) is 19.8. The van der Waals surface area contributed by atoms with Gasteiger partial charge in [-0.15, -0.1) is 0 Å². The van der Waals surface area contributed by atoms with E-state index < -0.39 is 0 Å². The molecular weight excluding hydrogens is 284 g/mol. The summed E-state index contributed by atoms with van der Waals surface area (Å²) in [6.45, 7) is 5.28. The highest BCUT2D eigenvalue weighted by Crippen LogP contribution is 2.24. The zero-order valence-corrected chi connectivity index (χ0v) is 12.9. The number of piperidine rings is 1. The van der Waals surface area contributed by atoms with E-state index in [1.165, 1.54) is 11.3 Å². The second-order valence-electron chi connectivity index (χ2n) is 5.44. The van der Waals surface area contributed by atoms with Crippen LogP contribution in [0.1, 0.15) is 30.1 Å². The van der Waals surface area contributed by atoms with E-state index in [9.17, 15) is 4.79 Å². The third-order valence-electron chi connectivity index (χ3n) is 3.96. The Morgan fingerprint density at radius 1 is 1.57 bits per heavy atom. The molecule has 0 saturated carbocycles. The highest BCUT2D eigenvalue weighted by Gasteiger charge is 2.21. The fraction of sp³-hybridized carbons (Fsp3) is 0.467. The highest BCUT2D eigenvalue weighted by molar-refractivity contribution is 7.22. The summed E-state index contributed by atoms with van der Waals surface area (Å²) in [6, 6.07) is 5.79. The van der Waals surface area contributed by atoms with Crippen LogP contribution in [-0.4, -0.2) is 41.5 Å². The quantitative estimate of drug-likeness (QED) is 0.911. The van der Waals surface area contributed by atoms with Crippen LogP contribution in [0.25, 0.3) is 10.2 Å². The van der Waals surface area contributed by atoms with E-state index in [0.717, 1.165) is 42.7 Å². The number of hydrogen-bond acceptors (Lipinski definition) is 5. The van der Waals surface area contributed by atoms with E-state index in [1.807, 2.05) is 18.2 Å². The molecule has 2 heterocycles. The Morgan fingerprint density at radius 3 is 3.24 bits per heavy atom. The third-order valence-corrected chi connectivity index (χ3v) is 4.80. The molecule has 1 amide bonds. The lowest BCUT2D eigenvalue weighted by molar-refractivity contribution is 0.0906. The van der Waals surface area contributed by atoms with Crippen LogP contribution in [0, 0.1) is 0 Å². The number of nitrogens with one attached hydrogen (secondary N) is 1. The minimum absolute atomic E-state index is 0.00757. The van der Waals surface area contributed by atoms with Gasteiger partial charge in [0.15, 0.2) is 5.13 Å². The molecule has 3 N–H and O–H groups in total. The maximum atomic E-state index is 12.4. The zero-order chi connectivity index (χ0) is 14.8. The van der Waals surface area contributed by atoms with Crippen molar-refractivity contribution < 1.29 is 4.79 Å². The highest BCUT2D eigenvalue weighted by atomic mass is 32.1. The molecule has 21 heavy (non-hydrogen) atoms. The number of hydrogen-bond donors (Lipinski definition) is 2. The third kappa shape index (κ3) is 3.16. The summed E-state index contributed by atoms with van der Waals surface area (Å²) in [5.41, 5.74) is 7.23. The second-order valence-corrected chi connectivity index (χ2v) is 6.50. The fourth-order valence-electron chi connectivity index (χ4n) is 2.81. The van der Waals surface area contributed by atoms with Crippen molar-refractivity contribution in [2.45, 2.75) is 25.8 Å². The van der Waals surface area contributed by atoms with Crippen LogP contribution in [0.5, 0.6) is 0 Å². The molecule has 1 atom stereocenters. The first kappa shape index (κ1) is 14.3. The molecule has 2 aromatic rings. The molecular formula is C15H20N4OS. The second kappa shape index (κ2) is 5.99. The molecule has 112 valence electrons. The Morgan fingerprint density at radius 2 is 2.43 bits per heavy atom. The van der Waals surface area contributed by atoms with Gasteiger partial charge in [0, 0.05) is 18.2 Å². The van der Waals surface area contributed by atoms with Crippen molar-refractivity contribution in [3.63, 3.8) is 0 Å². The number of amides is 1. The Labute approximate surface area is 128 Å². The van der Waals surface area contributed by atoms with Crippen LogP contribution in [0.3, 0.4) is 0 Å². The molecule has 3 rings (SSSR count).